The lowest BCUT2D eigenvalue weighted by atomic mass is 10.1. The highest BCUT2D eigenvalue weighted by Gasteiger charge is 2.30. The first-order valence-corrected chi connectivity index (χ1v) is 12.4. The van der Waals surface area contributed by atoms with Crippen LogP contribution in [-0.4, -0.2) is 41.9 Å². The largest absolute Gasteiger partial charge is 0.482 e. The van der Waals surface area contributed by atoms with Crippen LogP contribution < -0.4 is 10.1 Å². The summed E-state index contributed by atoms with van der Waals surface area (Å²) in [5.74, 6) is 0.130. The highest BCUT2D eigenvalue weighted by atomic mass is 79.9. The molecular formula is C25H30BrClN2O3. The summed E-state index contributed by atoms with van der Waals surface area (Å²) in [4.78, 5) is 28.0. The zero-order valence-electron chi connectivity index (χ0n) is 18.4. The van der Waals surface area contributed by atoms with Crippen LogP contribution in [0.15, 0.2) is 53.0 Å². The van der Waals surface area contributed by atoms with Crippen LogP contribution in [-0.2, 0) is 16.0 Å². The van der Waals surface area contributed by atoms with E-state index in [1.165, 1.54) is 0 Å². The van der Waals surface area contributed by atoms with Gasteiger partial charge in [0.15, 0.2) is 6.61 Å². The first-order chi connectivity index (χ1) is 15.5. The minimum absolute atomic E-state index is 0.0810. The first kappa shape index (κ1) is 24.6. The van der Waals surface area contributed by atoms with Crippen molar-refractivity contribution in [1.29, 1.82) is 0 Å². The van der Waals surface area contributed by atoms with Crippen molar-refractivity contribution in [3.63, 3.8) is 0 Å². The third-order valence-corrected chi connectivity index (χ3v) is 6.61. The van der Waals surface area contributed by atoms with Crippen molar-refractivity contribution in [2.24, 2.45) is 0 Å². The van der Waals surface area contributed by atoms with Gasteiger partial charge in [-0.1, -0.05) is 77.6 Å². The molecule has 2 aromatic carbocycles. The van der Waals surface area contributed by atoms with Crippen LogP contribution in [0.2, 0.25) is 5.02 Å². The summed E-state index contributed by atoms with van der Waals surface area (Å²) in [6.07, 6.45) is 5.49. The molecule has 1 atom stereocenters. The zero-order valence-corrected chi connectivity index (χ0v) is 20.7. The Morgan fingerprint density at radius 2 is 1.91 bits per heavy atom. The molecule has 2 amide bonds. The van der Waals surface area contributed by atoms with Crippen LogP contribution in [0.5, 0.6) is 5.75 Å². The van der Waals surface area contributed by atoms with Crippen molar-refractivity contribution in [3.05, 3.63) is 63.6 Å². The van der Waals surface area contributed by atoms with Crippen molar-refractivity contribution >= 4 is 39.3 Å². The second kappa shape index (κ2) is 12.3. The van der Waals surface area contributed by atoms with Gasteiger partial charge in [0.05, 0.1) is 5.02 Å². The van der Waals surface area contributed by atoms with E-state index in [0.29, 0.717) is 30.2 Å². The van der Waals surface area contributed by atoms with Crippen molar-refractivity contribution in [3.8, 4) is 5.75 Å². The van der Waals surface area contributed by atoms with Gasteiger partial charge in [0.1, 0.15) is 11.8 Å². The molecular weight excluding hydrogens is 492 g/mol. The Balaban J connectivity index is 1.71. The topological polar surface area (TPSA) is 58.6 Å². The Hall–Kier alpha value is -2.05. The lowest BCUT2D eigenvalue weighted by molar-refractivity contribution is -0.142. The molecule has 1 aliphatic carbocycles. The van der Waals surface area contributed by atoms with E-state index in [1.807, 2.05) is 43.3 Å². The van der Waals surface area contributed by atoms with E-state index in [0.717, 1.165) is 35.7 Å². The molecule has 0 radical (unpaired) electrons. The van der Waals surface area contributed by atoms with E-state index in [1.54, 1.807) is 17.0 Å². The third kappa shape index (κ3) is 6.97. The zero-order chi connectivity index (χ0) is 22.9. The van der Waals surface area contributed by atoms with Crippen molar-refractivity contribution in [2.75, 3.05) is 13.2 Å². The maximum Gasteiger partial charge on any atom is 0.261 e. The summed E-state index contributed by atoms with van der Waals surface area (Å²) >= 11 is 9.59. The number of benzene rings is 2. The standard InChI is InChI=1S/C25H30BrClN2O3/c1-2-22(25(31)28-20-10-6-7-11-20)29(15-14-18-8-4-3-5-9-18)24(30)17-32-23-13-12-19(26)16-21(23)27/h3-5,8-9,12-13,16,20,22H,2,6-7,10-11,14-15,17H2,1H3,(H,28,31)/t22-/m1/s1. The Kier molecular flexibility index (Phi) is 9.42. The smallest absolute Gasteiger partial charge is 0.261 e. The molecule has 0 spiro atoms. The second-order valence-corrected chi connectivity index (χ2v) is 9.42. The van der Waals surface area contributed by atoms with E-state index in [2.05, 4.69) is 21.2 Å². The van der Waals surface area contributed by atoms with Crippen LogP contribution in [0.3, 0.4) is 0 Å². The number of nitrogens with one attached hydrogen (secondary N) is 1. The van der Waals surface area contributed by atoms with Gasteiger partial charge in [-0.05, 0) is 49.4 Å². The minimum Gasteiger partial charge on any atom is -0.482 e. The normalized spacial score (nSPS) is 14.7. The summed E-state index contributed by atoms with van der Waals surface area (Å²) in [5, 5.41) is 3.58. The van der Waals surface area contributed by atoms with E-state index in [4.69, 9.17) is 16.3 Å². The molecule has 7 heteroatoms. The van der Waals surface area contributed by atoms with Crippen LogP contribution in [0.4, 0.5) is 0 Å². The number of hydrogen-bond donors (Lipinski definition) is 1. The molecule has 0 aromatic heterocycles. The average Bonchev–Trinajstić information content (AvgIpc) is 3.29. The van der Waals surface area contributed by atoms with E-state index in [-0.39, 0.29) is 24.5 Å². The van der Waals surface area contributed by atoms with E-state index >= 15 is 0 Å². The molecule has 0 aliphatic heterocycles. The number of amides is 2. The van der Waals surface area contributed by atoms with Gasteiger partial charge >= 0.3 is 0 Å². The number of ether oxygens (including phenoxy) is 1. The average molecular weight is 522 g/mol. The third-order valence-electron chi connectivity index (χ3n) is 5.82. The van der Waals surface area contributed by atoms with Crippen molar-refractivity contribution in [1.82, 2.24) is 10.2 Å². The molecule has 0 heterocycles. The number of hydrogen-bond acceptors (Lipinski definition) is 3. The van der Waals surface area contributed by atoms with Crippen LogP contribution in [0.25, 0.3) is 0 Å². The fourth-order valence-corrected chi connectivity index (χ4v) is 4.81. The quantitative estimate of drug-likeness (QED) is 0.456. The number of halogens is 2. The molecule has 1 aliphatic rings. The molecule has 1 saturated carbocycles. The Morgan fingerprint density at radius 1 is 1.19 bits per heavy atom. The van der Waals surface area contributed by atoms with Crippen LogP contribution >= 0.6 is 27.5 Å². The van der Waals surface area contributed by atoms with Crippen LogP contribution in [0.1, 0.15) is 44.6 Å². The van der Waals surface area contributed by atoms with E-state index < -0.39 is 6.04 Å². The molecule has 0 bridgehead atoms. The number of nitrogens with zero attached hydrogens (tertiary/aromatic N) is 1. The molecule has 3 rings (SSSR count). The lowest BCUT2D eigenvalue weighted by Crippen LogP contribution is -2.52. The number of carbonyl (C=O) groups excluding carboxylic acids is 2. The fourth-order valence-electron chi connectivity index (χ4n) is 4.08. The summed E-state index contributed by atoms with van der Waals surface area (Å²) in [6.45, 7) is 2.20. The molecule has 5 nitrogen and oxygen atoms in total. The Morgan fingerprint density at radius 3 is 2.56 bits per heavy atom. The molecule has 0 saturated heterocycles. The summed E-state index contributed by atoms with van der Waals surface area (Å²) in [6, 6.07) is 14.9. The number of carbonyl (C=O) groups is 2. The Bertz CT molecular complexity index is 903. The molecule has 32 heavy (non-hydrogen) atoms. The monoisotopic (exact) mass is 520 g/mol. The second-order valence-electron chi connectivity index (χ2n) is 8.10. The summed E-state index contributed by atoms with van der Waals surface area (Å²) < 4.78 is 6.55. The first-order valence-electron chi connectivity index (χ1n) is 11.2. The van der Waals surface area contributed by atoms with Crippen molar-refractivity contribution < 1.29 is 14.3 Å². The molecule has 172 valence electrons. The maximum absolute atomic E-state index is 13.2. The molecule has 1 fully saturated rings. The van der Waals surface area contributed by atoms with Crippen molar-refractivity contribution in [2.45, 2.75) is 57.5 Å². The van der Waals surface area contributed by atoms with Gasteiger partial charge in [0.2, 0.25) is 5.91 Å². The van der Waals surface area contributed by atoms with Gasteiger partial charge in [0.25, 0.3) is 5.91 Å². The lowest BCUT2D eigenvalue weighted by Gasteiger charge is -2.31. The summed E-state index contributed by atoms with van der Waals surface area (Å²) in [7, 11) is 0. The highest BCUT2D eigenvalue weighted by molar-refractivity contribution is 9.10. The summed E-state index contributed by atoms with van der Waals surface area (Å²) in [5.41, 5.74) is 1.12. The van der Waals surface area contributed by atoms with Gasteiger partial charge in [-0.15, -0.1) is 0 Å². The number of rotatable bonds is 10. The molecule has 1 N–H and O–H groups in total. The molecule has 2 aromatic rings. The maximum atomic E-state index is 13.2. The predicted molar refractivity (Wildman–Crippen MR) is 131 cm³/mol. The minimum atomic E-state index is -0.532. The SMILES string of the molecule is CC[C@H](C(=O)NC1CCCC1)N(CCc1ccccc1)C(=O)COc1ccc(Br)cc1Cl. The van der Waals surface area contributed by atoms with Crippen LogP contribution in [0, 0.1) is 0 Å². The predicted octanol–water partition coefficient (Wildman–Crippen LogP) is 5.39. The fraction of sp³-hybridized carbons (Fsp3) is 0.440. The van der Waals surface area contributed by atoms with Gasteiger partial charge in [-0.2, -0.15) is 0 Å². The van der Waals surface area contributed by atoms with Gasteiger partial charge in [-0.25, -0.2) is 0 Å². The van der Waals surface area contributed by atoms with Gasteiger partial charge < -0.3 is 15.0 Å². The molecule has 0 unspecified atom stereocenters. The van der Waals surface area contributed by atoms with Gasteiger partial charge in [0, 0.05) is 17.1 Å². The highest BCUT2D eigenvalue weighted by Crippen LogP contribution is 2.28. The van der Waals surface area contributed by atoms with Gasteiger partial charge in [-0.3, -0.25) is 9.59 Å². The van der Waals surface area contributed by atoms with E-state index in [9.17, 15) is 9.59 Å². The Labute approximate surface area is 203 Å².